The largest absolute Gasteiger partial charge is 0.444 e. The molecule has 0 saturated carbocycles. The fraction of sp³-hybridized carbons (Fsp3) is 0.464. The molecule has 2 heterocycles. The Kier molecular flexibility index (Phi) is 8.20. The quantitative estimate of drug-likeness (QED) is 0.565. The zero-order valence-electron chi connectivity index (χ0n) is 22.3. The van der Waals surface area contributed by atoms with Gasteiger partial charge in [-0.25, -0.2) is 14.0 Å². The lowest BCUT2D eigenvalue weighted by molar-refractivity contribution is -0.119. The lowest BCUT2D eigenvalue weighted by atomic mass is 10.0. The highest BCUT2D eigenvalue weighted by molar-refractivity contribution is 5.90. The van der Waals surface area contributed by atoms with Crippen LogP contribution in [0.5, 0.6) is 0 Å². The third-order valence-electron chi connectivity index (χ3n) is 6.38. The number of rotatable bonds is 7. The zero-order chi connectivity index (χ0) is 27.4. The van der Waals surface area contributed by atoms with Crippen molar-refractivity contribution in [1.29, 1.82) is 0 Å². The fourth-order valence-corrected chi connectivity index (χ4v) is 4.62. The van der Waals surface area contributed by atoms with Gasteiger partial charge in [-0.3, -0.25) is 14.6 Å². The number of likely N-dealkylation sites (tertiary alicyclic amines) is 1. The van der Waals surface area contributed by atoms with Crippen molar-refractivity contribution in [1.82, 2.24) is 15.5 Å². The summed E-state index contributed by atoms with van der Waals surface area (Å²) in [5, 5.41) is 5.56. The molecule has 3 amide bonds. The maximum Gasteiger partial charge on any atom is 0.414 e. The number of halogens is 1. The van der Waals surface area contributed by atoms with Gasteiger partial charge in [0, 0.05) is 38.2 Å². The molecule has 2 fully saturated rings. The highest BCUT2D eigenvalue weighted by atomic mass is 19.1. The third kappa shape index (κ3) is 7.22. The molecular weight excluding hydrogens is 491 g/mol. The number of hydrogen-bond acceptors (Lipinski definition) is 6. The van der Waals surface area contributed by atoms with Crippen molar-refractivity contribution in [2.45, 2.75) is 58.4 Å². The van der Waals surface area contributed by atoms with E-state index in [1.807, 2.05) is 45.0 Å². The number of carbonyl (C=O) groups excluding carboxylic acids is 3. The van der Waals surface area contributed by atoms with Crippen molar-refractivity contribution < 1.29 is 28.2 Å². The molecule has 0 aliphatic carbocycles. The molecule has 9 nitrogen and oxygen atoms in total. The Morgan fingerprint density at radius 3 is 2.53 bits per heavy atom. The molecule has 2 aliphatic heterocycles. The van der Waals surface area contributed by atoms with Crippen LogP contribution in [0.2, 0.25) is 0 Å². The minimum Gasteiger partial charge on any atom is -0.444 e. The number of hydrogen-bond donors (Lipinski definition) is 2. The molecule has 2 atom stereocenters. The number of anilines is 1. The number of alkyl carbamates (subject to hydrolysis) is 1. The van der Waals surface area contributed by atoms with Crippen LogP contribution in [0.3, 0.4) is 0 Å². The molecule has 2 aromatic carbocycles. The van der Waals surface area contributed by atoms with Crippen molar-refractivity contribution in [2.75, 3.05) is 31.1 Å². The highest BCUT2D eigenvalue weighted by Crippen LogP contribution is 2.29. The van der Waals surface area contributed by atoms with Gasteiger partial charge in [-0.2, -0.15) is 0 Å². The average molecular weight is 527 g/mol. The van der Waals surface area contributed by atoms with E-state index in [9.17, 15) is 14.4 Å². The van der Waals surface area contributed by atoms with Gasteiger partial charge in [-0.1, -0.05) is 24.3 Å². The van der Waals surface area contributed by atoms with Gasteiger partial charge in [-0.05, 0) is 56.5 Å². The summed E-state index contributed by atoms with van der Waals surface area (Å²) in [5.74, 6) is -0.648. The number of nitrogens with zero attached hydrogens (tertiary/aromatic N) is 2. The van der Waals surface area contributed by atoms with E-state index in [1.165, 1.54) is 17.9 Å². The topological polar surface area (TPSA) is 100 Å². The van der Waals surface area contributed by atoms with E-state index in [1.54, 1.807) is 12.1 Å². The number of amides is 3. The van der Waals surface area contributed by atoms with Gasteiger partial charge in [-0.15, -0.1) is 0 Å². The van der Waals surface area contributed by atoms with Crippen molar-refractivity contribution >= 4 is 23.8 Å². The Morgan fingerprint density at radius 2 is 1.87 bits per heavy atom. The molecule has 2 saturated heterocycles. The van der Waals surface area contributed by atoms with Gasteiger partial charge in [0.25, 0.3) is 0 Å². The van der Waals surface area contributed by atoms with Crippen LogP contribution >= 0.6 is 0 Å². The van der Waals surface area contributed by atoms with Crippen LogP contribution in [0.15, 0.2) is 42.5 Å². The van der Waals surface area contributed by atoms with Crippen LogP contribution in [0, 0.1) is 5.82 Å². The average Bonchev–Trinajstić information content (AvgIpc) is 3.42. The van der Waals surface area contributed by atoms with E-state index in [2.05, 4.69) is 15.5 Å². The molecule has 10 heteroatoms. The van der Waals surface area contributed by atoms with Gasteiger partial charge in [0.05, 0.1) is 18.8 Å². The molecule has 0 unspecified atom stereocenters. The molecular formula is C28H35FN4O5. The minimum absolute atomic E-state index is 0.0466. The monoisotopic (exact) mass is 526 g/mol. The van der Waals surface area contributed by atoms with E-state index in [4.69, 9.17) is 9.47 Å². The van der Waals surface area contributed by atoms with E-state index in [-0.39, 0.29) is 25.0 Å². The number of cyclic esters (lactones) is 1. The Morgan fingerprint density at radius 1 is 1.13 bits per heavy atom. The third-order valence-corrected chi connectivity index (χ3v) is 6.38. The zero-order valence-corrected chi connectivity index (χ0v) is 22.3. The first-order chi connectivity index (χ1) is 18.0. The molecule has 38 heavy (non-hydrogen) atoms. The van der Waals surface area contributed by atoms with Gasteiger partial charge in [0.1, 0.15) is 17.5 Å². The molecule has 2 aromatic rings. The molecule has 2 N–H and O–H groups in total. The second kappa shape index (κ2) is 11.4. The number of benzene rings is 2. The Balaban J connectivity index is 1.32. The van der Waals surface area contributed by atoms with E-state index < -0.39 is 29.7 Å². The molecule has 4 rings (SSSR count). The SMILES string of the molecule is CC(=O)NC[C@H]1CN(c2ccc(-c3ccc(CN4CC[C@H](NC(=O)OC(C)(C)C)C4)cc3)c(F)c2)C(=O)O1. The van der Waals surface area contributed by atoms with Gasteiger partial charge < -0.3 is 20.1 Å². The fourth-order valence-electron chi connectivity index (χ4n) is 4.62. The molecule has 0 radical (unpaired) electrons. The summed E-state index contributed by atoms with van der Waals surface area (Å²) in [6.45, 7) is 9.69. The van der Waals surface area contributed by atoms with Crippen LogP contribution in [0.25, 0.3) is 11.1 Å². The predicted octanol–water partition coefficient (Wildman–Crippen LogP) is 4.05. The highest BCUT2D eigenvalue weighted by Gasteiger charge is 2.33. The standard InChI is InChI=1S/C28H35FN4O5/c1-18(34)30-14-23-17-33(27(36)37-23)22-9-10-24(25(29)13-22)20-7-5-19(6-8-20)15-32-12-11-21(16-32)31-26(35)38-28(2,3)4/h5-10,13,21,23H,11-12,14-17H2,1-4H3,(H,30,34)(H,31,35)/t21-,23-/m0/s1. The first-order valence-electron chi connectivity index (χ1n) is 12.8. The summed E-state index contributed by atoms with van der Waals surface area (Å²) in [4.78, 5) is 39.0. The van der Waals surface area contributed by atoms with Gasteiger partial charge in [0.2, 0.25) is 5.91 Å². The predicted molar refractivity (Wildman–Crippen MR) is 141 cm³/mol. The second-order valence-electron chi connectivity index (χ2n) is 10.8. The molecule has 0 spiro atoms. The summed E-state index contributed by atoms with van der Waals surface area (Å²) in [5.41, 5.74) is 2.14. The van der Waals surface area contributed by atoms with Crippen LogP contribution < -0.4 is 15.5 Å². The van der Waals surface area contributed by atoms with Crippen molar-refractivity contribution in [3.63, 3.8) is 0 Å². The van der Waals surface area contributed by atoms with E-state index in [0.29, 0.717) is 11.3 Å². The van der Waals surface area contributed by atoms with Crippen LogP contribution in [-0.2, 0) is 20.8 Å². The lowest BCUT2D eigenvalue weighted by Gasteiger charge is -2.22. The first kappa shape index (κ1) is 27.4. The van der Waals surface area contributed by atoms with Gasteiger partial charge >= 0.3 is 12.2 Å². The van der Waals surface area contributed by atoms with Crippen LogP contribution in [0.4, 0.5) is 19.7 Å². The summed E-state index contributed by atoms with van der Waals surface area (Å²) >= 11 is 0. The van der Waals surface area contributed by atoms with Crippen LogP contribution in [-0.4, -0.2) is 66.9 Å². The van der Waals surface area contributed by atoms with E-state index >= 15 is 4.39 Å². The van der Waals surface area contributed by atoms with Crippen molar-refractivity contribution in [2.24, 2.45) is 0 Å². The summed E-state index contributed by atoms with van der Waals surface area (Å²) in [6, 6.07) is 12.4. The lowest BCUT2D eigenvalue weighted by Crippen LogP contribution is -2.40. The first-order valence-corrected chi connectivity index (χ1v) is 12.8. The normalized spacial score (nSPS) is 19.8. The Labute approximate surface area is 222 Å². The molecule has 0 aromatic heterocycles. The van der Waals surface area contributed by atoms with Crippen LogP contribution in [0.1, 0.15) is 39.7 Å². The number of ether oxygens (including phenoxy) is 2. The summed E-state index contributed by atoms with van der Waals surface area (Å²) in [7, 11) is 0. The number of carbonyl (C=O) groups is 3. The maximum absolute atomic E-state index is 15.1. The van der Waals surface area contributed by atoms with Crippen molar-refractivity contribution in [3.05, 3.63) is 53.8 Å². The number of nitrogens with one attached hydrogen (secondary N) is 2. The molecule has 2 aliphatic rings. The van der Waals surface area contributed by atoms with E-state index in [0.717, 1.165) is 37.2 Å². The molecule has 204 valence electrons. The van der Waals surface area contributed by atoms with Crippen molar-refractivity contribution in [3.8, 4) is 11.1 Å². The second-order valence-corrected chi connectivity index (χ2v) is 10.8. The summed E-state index contributed by atoms with van der Waals surface area (Å²) < 4.78 is 25.7. The summed E-state index contributed by atoms with van der Waals surface area (Å²) in [6.07, 6.45) is -0.593. The minimum atomic E-state index is -0.567. The maximum atomic E-state index is 15.1. The van der Waals surface area contributed by atoms with Gasteiger partial charge in [0.15, 0.2) is 0 Å². The molecule has 0 bridgehead atoms. The Hall–Kier alpha value is -3.66. The Bertz CT molecular complexity index is 1180. The smallest absolute Gasteiger partial charge is 0.414 e.